The van der Waals surface area contributed by atoms with Gasteiger partial charge in [0.25, 0.3) is 5.91 Å². The summed E-state index contributed by atoms with van der Waals surface area (Å²) in [6.07, 6.45) is 3.35. The highest BCUT2D eigenvalue weighted by Crippen LogP contribution is 2.19. The van der Waals surface area contributed by atoms with Gasteiger partial charge in [-0.2, -0.15) is 0 Å². The number of primary sulfonamides is 1. The summed E-state index contributed by atoms with van der Waals surface area (Å²) in [5, 5.41) is 5.11. The Morgan fingerprint density at radius 1 is 1.04 bits per heavy atom. The van der Waals surface area contributed by atoms with Crippen LogP contribution in [-0.2, 0) is 27.7 Å². The van der Waals surface area contributed by atoms with Crippen LogP contribution in [0.15, 0.2) is 64.1 Å². The third-order valence-corrected chi connectivity index (χ3v) is 5.63. The molecular weight excluding hydrogens is 374 g/mol. The van der Waals surface area contributed by atoms with Gasteiger partial charge in [-0.1, -0.05) is 43.3 Å². The van der Waals surface area contributed by atoms with E-state index in [0.29, 0.717) is 24.5 Å². The fourth-order valence-corrected chi connectivity index (χ4v) is 3.53. The van der Waals surface area contributed by atoms with E-state index in [1.165, 1.54) is 17.7 Å². The maximum absolute atomic E-state index is 12.7. The van der Waals surface area contributed by atoms with Gasteiger partial charge in [0.15, 0.2) is 0 Å². The topological polar surface area (TPSA) is 92.8 Å². The smallest absolute Gasteiger partial charge is 0.277 e. The van der Waals surface area contributed by atoms with Crippen LogP contribution in [0.3, 0.4) is 0 Å². The van der Waals surface area contributed by atoms with Crippen LogP contribution in [0.25, 0.3) is 6.08 Å². The molecular formula is C21H23N3O3S. The molecule has 1 aliphatic rings. The van der Waals surface area contributed by atoms with Gasteiger partial charge in [0, 0.05) is 6.54 Å². The summed E-state index contributed by atoms with van der Waals surface area (Å²) in [7, 11) is -3.70. The first-order valence-electron chi connectivity index (χ1n) is 9.07. The number of sulfonamides is 1. The molecule has 0 saturated carbocycles. The van der Waals surface area contributed by atoms with E-state index >= 15 is 0 Å². The molecule has 0 spiro atoms. The molecule has 6 nitrogen and oxygen atoms in total. The highest BCUT2D eigenvalue weighted by Gasteiger charge is 2.27. The standard InChI is InChI=1S/C21H23N3O3S/c1-3-16-4-6-18(7-5-16)14-20-21(25)24(15(2)23-20)13-12-17-8-10-19(11-9-17)28(22,26)27/h4-11,14H,3,12-13H2,1-2H3,(H2,22,26,27)/b20-14-. The minimum absolute atomic E-state index is 0.0746. The van der Waals surface area contributed by atoms with Crippen molar-refractivity contribution in [3.05, 3.63) is 70.9 Å². The molecule has 0 unspecified atom stereocenters. The molecule has 1 amide bonds. The van der Waals surface area contributed by atoms with Crippen LogP contribution in [0.1, 0.15) is 30.5 Å². The molecule has 2 N–H and O–H groups in total. The Bertz CT molecular complexity index is 1040. The van der Waals surface area contributed by atoms with Gasteiger partial charge in [-0.3, -0.25) is 9.69 Å². The van der Waals surface area contributed by atoms with Crippen molar-refractivity contribution < 1.29 is 13.2 Å². The molecule has 3 rings (SSSR count). The van der Waals surface area contributed by atoms with Crippen molar-refractivity contribution in [1.29, 1.82) is 0 Å². The summed E-state index contributed by atoms with van der Waals surface area (Å²) in [5.74, 6) is 0.529. The zero-order valence-corrected chi connectivity index (χ0v) is 16.7. The van der Waals surface area contributed by atoms with Crippen molar-refractivity contribution in [2.45, 2.75) is 31.6 Å². The van der Waals surface area contributed by atoms with Crippen molar-refractivity contribution in [3.63, 3.8) is 0 Å². The third-order valence-electron chi connectivity index (χ3n) is 4.70. The predicted octanol–water partition coefficient (Wildman–Crippen LogP) is 2.74. The molecule has 0 fully saturated rings. The monoisotopic (exact) mass is 397 g/mol. The summed E-state index contributed by atoms with van der Waals surface area (Å²) in [5.41, 5.74) is 3.53. The number of rotatable bonds is 6. The fourth-order valence-electron chi connectivity index (χ4n) is 3.02. The van der Waals surface area contributed by atoms with Crippen molar-refractivity contribution in [3.8, 4) is 0 Å². The quantitative estimate of drug-likeness (QED) is 0.760. The Balaban J connectivity index is 1.68. The number of aryl methyl sites for hydroxylation is 1. The van der Waals surface area contributed by atoms with Gasteiger partial charge in [-0.15, -0.1) is 0 Å². The predicted molar refractivity (Wildman–Crippen MR) is 110 cm³/mol. The number of hydrogen-bond donors (Lipinski definition) is 1. The molecule has 2 aromatic carbocycles. The summed E-state index contributed by atoms with van der Waals surface area (Å²) in [6, 6.07) is 14.4. The number of benzene rings is 2. The van der Waals surface area contributed by atoms with E-state index in [-0.39, 0.29) is 10.8 Å². The van der Waals surface area contributed by atoms with Crippen LogP contribution >= 0.6 is 0 Å². The summed E-state index contributed by atoms with van der Waals surface area (Å²) >= 11 is 0. The fraction of sp³-hybridized carbons (Fsp3) is 0.238. The highest BCUT2D eigenvalue weighted by atomic mass is 32.2. The molecule has 0 atom stereocenters. The molecule has 0 aliphatic carbocycles. The van der Waals surface area contributed by atoms with Crippen molar-refractivity contribution in [1.82, 2.24) is 4.90 Å². The maximum atomic E-state index is 12.7. The number of amidine groups is 1. The minimum Gasteiger partial charge on any atom is -0.295 e. The molecule has 146 valence electrons. The van der Waals surface area contributed by atoms with Gasteiger partial charge in [0.05, 0.1) is 4.90 Å². The largest absolute Gasteiger partial charge is 0.295 e. The van der Waals surface area contributed by atoms with Crippen molar-refractivity contribution in [2.75, 3.05) is 6.54 Å². The van der Waals surface area contributed by atoms with E-state index in [0.717, 1.165) is 17.5 Å². The minimum atomic E-state index is -3.70. The number of carbonyl (C=O) groups excluding carboxylic acids is 1. The molecule has 0 aromatic heterocycles. The van der Waals surface area contributed by atoms with Crippen LogP contribution in [0.5, 0.6) is 0 Å². The van der Waals surface area contributed by atoms with Crippen LogP contribution in [0.2, 0.25) is 0 Å². The lowest BCUT2D eigenvalue weighted by molar-refractivity contribution is -0.122. The van der Waals surface area contributed by atoms with E-state index in [9.17, 15) is 13.2 Å². The molecule has 1 aliphatic heterocycles. The Morgan fingerprint density at radius 2 is 1.64 bits per heavy atom. The Morgan fingerprint density at radius 3 is 2.21 bits per heavy atom. The summed E-state index contributed by atoms with van der Waals surface area (Å²) < 4.78 is 22.6. The first kappa shape index (κ1) is 20.0. The number of hydrogen-bond acceptors (Lipinski definition) is 4. The second-order valence-corrected chi connectivity index (χ2v) is 8.24. The Hall–Kier alpha value is -2.77. The second kappa shape index (κ2) is 8.08. The summed E-state index contributed by atoms with van der Waals surface area (Å²) in [4.78, 5) is 18.8. The second-order valence-electron chi connectivity index (χ2n) is 6.68. The normalized spacial score (nSPS) is 16.0. The number of amides is 1. The first-order valence-corrected chi connectivity index (χ1v) is 10.6. The van der Waals surface area contributed by atoms with Gasteiger partial charge in [0.2, 0.25) is 10.0 Å². The molecule has 28 heavy (non-hydrogen) atoms. The SMILES string of the molecule is CCc1ccc(/C=C2\N=C(C)N(CCc3ccc(S(N)(=O)=O)cc3)C2=O)cc1. The molecule has 7 heteroatoms. The third kappa shape index (κ3) is 4.55. The average Bonchev–Trinajstić information content (AvgIpc) is 2.93. The van der Waals surface area contributed by atoms with Gasteiger partial charge < -0.3 is 0 Å². The number of nitrogens with zero attached hydrogens (tertiary/aromatic N) is 2. The lowest BCUT2D eigenvalue weighted by Gasteiger charge is -2.15. The number of nitrogens with two attached hydrogens (primary N) is 1. The van der Waals surface area contributed by atoms with Crippen molar-refractivity contribution >= 4 is 27.8 Å². The van der Waals surface area contributed by atoms with E-state index in [1.54, 1.807) is 23.1 Å². The van der Waals surface area contributed by atoms with Gasteiger partial charge in [0.1, 0.15) is 11.5 Å². The van der Waals surface area contributed by atoms with E-state index in [2.05, 4.69) is 11.9 Å². The molecule has 0 radical (unpaired) electrons. The van der Waals surface area contributed by atoms with Crippen LogP contribution in [0, 0.1) is 0 Å². The van der Waals surface area contributed by atoms with Crippen molar-refractivity contribution in [2.24, 2.45) is 10.1 Å². The average molecular weight is 398 g/mol. The lowest BCUT2D eigenvalue weighted by Crippen LogP contribution is -2.32. The molecule has 2 aromatic rings. The van der Waals surface area contributed by atoms with E-state index in [1.807, 2.05) is 31.2 Å². The molecule has 0 bridgehead atoms. The lowest BCUT2D eigenvalue weighted by atomic mass is 10.1. The molecule has 1 heterocycles. The molecule has 0 saturated heterocycles. The van der Waals surface area contributed by atoms with E-state index < -0.39 is 10.0 Å². The number of carbonyl (C=O) groups is 1. The maximum Gasteiger partial charge on any atom is 0.277 e. The van der Waals surface area contributed by atoms with Gasteiger partial charge in [-0.05, 0) is 54.7 Å². The van der Waals surface area contributed by atoms with Gasteiger partial charge in [-0.25, -0.2) is 18.5 Å². The highest BCUT2D eigenvalue weighted by molar-refractivity contribution is 7.89. The van der Waals surface area contributed by atoms with Gasteiger partial charge >= 0.3 is 0 Å². The number of aliphatic imine (C=N–C) groups is 1. The first-order chi connectivity index (χ1) is 13.3. The van der Waals surface area contributed by atoms with Crippen LogP contribution < -0.4 is 5.14 Å². The Labute approximate surface area is 165 Å². The van der Waals surface area contributed by atoms with Crippen LogP contribution in [0.4, 0.5) is 0 Å². The summed E-state index contributed by atoms with van der Waals surface area (Å²) in [6.45, 7) is 4.38. The Kier molecular flexibility index (Phi) is 5.76. The zero-order chi connectivity index (χ0) is 20.3. The van der Waals surface area contributed by atoms with E-state index in [4.69, 9.17) is 5.14 Å². The zero-order valence-electron chi connectivity index (χ0n) is 15.9. The van der Waals surface area contributed by atoms with Crippen LogP contribution in [-0.4, -0.2) is 31.6 Å².